The lowest BCUT2D eigenvalue weighted by Crippen LogP contribution is -2.48. The maximum Gasteiger partial charge on any atom is 0.328 e. The van der Waals surface area contributed by atoms with E-state index in [1.807, 2.05) is 20.8 Å². The number of nitriles is 1. The molecule has 3 fully saturated rings. The number of aryl methyl sites for hydroxylation is 1. The fourth-order valence-corrected chi connectivity index (χ4v) is 7.59. The molecule has 2 saturated carbocycles. The summed E-state index contributed by atoms with van der Waals surface area (Å²) in [5, 5.41) is 9.42. The standard InChI is InChI=1S/C34H42N4O6/c1-34(2,3)24-16-30(39)44-29-14-20-13-23(20)22(29)8-6-5-7-9-26-31(37-27-12-19(17-35)10-11-25(27)36-26)43-21-15-28(33(41)42-4)38(18-21)32(24)40/h10-12,20-24,28-29H,5-9,13-16,18H2,1-4H3/t20-,21+,22+,23-,24+,28-,29+/m0/s1. The van der Waals surface area contributed by atoms with Crippen LogP contribution in [0.25, 0.3) is 11.0 Å². The second kappa shape index (κ2) is 12.0. The Morgan fingerprint density at radius 3 is 2.61 bits per heavy atom. The number of benzene rings is 1. The summed E-state index contributed by atoms with van der Waals surface area (Å²) in [5.41, 5.74) is 1.89. The fourth-order valence-electron chi connectivity index (χ4n) is 7.59. The number of aromatic nitrogens is 2. The minimum atomic E-state index is -0.853. The van der Waals surface area contributed by atoms with Gasteiger partial charge in [-0.25, -0.2) is 14.8 Å². The van der Waals surface area contributed by atoms with Gasteiger partial charge in [-0.15, -0.1) is 0 Å². The summed E-state index contributed by atoms with van der Waals surface area (Å²) >= 11 is 0. The van der Waals surface area contributed by atoms with E-state index in [1.165, 1.54) is 18.4 Å². The highest BCUT2D eigenvalue weighted by atomic mass is 16.5. The van der Waals surface area contributed by atoms with Crippen molar-refractivity contribution < 1.29 is 28.6 Å². The van der Waals surface area contributed by atoms with Gasteiger partial charge >= 0.3 is 11.9 Å². The Labute approximate surface area is 258 Å². The average Bonchev–Trinajstić information content (AvgIpc) is 3.48. The number of esters is 2. The van der Waals surface area contributed by atoms with Gasteiger partial charge in [0, 0.05) is 6.42 Å². The van der Waals surface area contributed by atoms with Gasteiger partial charge < -0.3 is 19.1 Å². The molecule has 10 heteroatoms. The van der Waals surface area contributed by atoms with Crippen LogP contribution in [-0.4, -0.2) is 64.6 Å². The van der Waals surface area contributed by atoms with Gasteiger partial charge in [0.05, 0.1) is 48.7 Å². The molecular weight excluding hydrogens is 560 g/mol. The van der Waals surface area contributed by atoms with Crippen molar-refractivity contribution in [2.24, 2.45) is 29.1 Å². The molecule has 1 amide bonds. The van der Waals surface area contributed by atoms with Gasteiger partial charge in [-0.05, 0) is 73.5 Å². The number of hydrogen-bond donors (Lipinski definition) is 0. The molecule has 0 unspecified atom stereocenters. The molecule has 2 aromatic rings. The van der Waals surface area contributed by atoms with Gasteiger partial charge in [-0.3, -0.25) is 9.59 Å². The van der Waals surface area contributed by atoms with Crippen LogP contribution in [0.1, 0.15) is 83.4 Å². The van der Waals surface area contributed by atoms with Crippen molar-refractivity contribution in [1.82, 2.24) is 14.9 Å². The van der Waals surface area contributed by atoms with Crippen molar-refractivity contribution in [1.29, 1.82) is 5.26 Å². The summed E-state index contributed by atoms with van der Waals surface area (Å²) in [5.74, 6) is 0.162. The molecule has 1 saturated heterocycles. The molecule has 2 bridgehead atoms. The predicted molar refractivity (Wildman–Crippen MR) is 160 cm³/mol. The second-order valence-corrected chi connectivity index (χ2v) is 14.1. The van der Waals surface area contributed by atoms with Crippen LogP contribution in [0.4, 0.5) is 0 Å². The van der Waals surface area contributed by atoms with Gasteiger partial charge in [-0.2, -0.15) is 5.26 Å². The summed E-state index contributed by atoms with van der Waals surface area (Å²) in [6.07, 6.45) is 6.29. The summed E-state index contributed by atoms with van der Waals surface area (Å²) in [6.45, 7) is 5.95. The number of methoxy groups -OCH3 is 1. The van der Waals surface area contributed by atoms with E-state index in [0.29, 0.717) is 46.7 Å². The van der Waals surface area contributed by atoms with Crippen LogP contribution in [-0.2, 0) is 30.3 Å². The number of ether oxygens (including phenoxy) is 3. The lowest BCUT2D eigenvalue weighted by atomic mass is 9.77. The van der Waals surface area contributed by atoms with Crippen LogP contribution in [0.2, 0.25) is 0 Å². The van der Waals surface area contributed by atoms with E-state index in [2.05, 4.69) is 6.07 Å². The zero-order valence-electron chi connectivity index (χ0n) is 26.1. The second-order valence-electron chi connectivity index (χ2n) is 14.1. The van der Waals surface area contributed by atoms with Gasteiger partial charge in [0.1, 0.15) is 23.9 Å². The van der Waals surface area contributed by atoms with Crippen LogP contribution in [0.15, 0.2) is 18.2 Å². The van der Waals surface area contributed by atoms with E-state index in [9.17, 15) is 19.6 Å². The maximum atomic E-state index is 14.2. The van der Waals surface area contributed by atoms with Crippen LogP contribution in [0.5, 0.6) is 5.88 Å². The first-order valence-corrected chi connectivity index (χ1v) is 16.0. The predicted octanol–water partition coefficient (Wildman–Crippen LogP) is 4.76. The largest absolute Gasteiger partial charge is 0.471 e. The molecule has 2 aliphatic heterocycles. The summed E-state index contributed by atoms with van der Waals surface area (Å²) in [6, 6.07) is 6.52. The molecule has 2 aliphatic carbocycles. The van der Waals surface area contributed by atoms with Crippen molar-refractivity contribution in [3.05, 3.63) is 29.5 Å². The number of fused-ring (bicyclic) bond motifs is 7. The Balaban J connectivity index is 1.35. The van der Waals surface area contributed by atoms with Gasteiger partial charge in [0.2, 0.25) is 11.8 Å². The Morgan fingerprint density at radius 2 is 1.86 bits per heavy atom. The van der Waals surface area contributed by atoms with Gasteiger partial charge in [0.15, 0.2) is 0 Å². The Hall–Kier alpha value is -3.74. The monoisotopic (exact) mass is 602 g/mol. The maximum absolute atomic E-state index is 14.2. The van der Waals surface area contributed by atoms with Crippen LogP contribution < -0.4 is 4.74 Å². The number of amides is 1. The molecule has 0 radical (unpaired) electrons. The zero-order chi connectivity index (χ0) is 31.2. The van der Waals surface area contributed by atoms with E-state index in [-0.39, 0.29) is 37.4 Å². The lowest BCUT2D eigenvalue weighted by molar-refractivity contribution is -0.160. The molecule has 3 heterocycles. The van der Waals surface area contributed by atoms with E-state index >= 15 is 0 Å². The number of rotatable bonds is 1. The highest BCUT2D eigenvalue weighted by molar-refractivity contribution is 5.89. The third-order valence-electron chi connectivity index (χ3n) is 10.1. The van der Waals surface area contributed by atoms with Crippen LogP contribution >= 0.6 is 0 Å². The molecule has 1 aromatic heterocycles. The minimum Gasteiger partial charge on any atom is -0.471 e. The summed E-state index contributed by atoms with van der Waals surface area (Å²) < 4.78 is 17.7. The third kappa shape index (κ3) is 6.11. The molecule has 0 spiro atoms. The molecular formula is C34H42N4O6. The summed E-state index contributed by atoms with van der Waals surface area (Å²) in [4.78, 5) is 51.7. The first kappa shape index (κ1) is 30.3. The fraction of sp³-hybridized carbons (Fsp3) is 0.647. The molecule has 234 valence electrons. The molecule has 7 atom stereocenters. The number of carbonyl (C=O) groups is 3. The quantitative estimate of drug-likeness (QED) is 0.424. The zero-order valence-corrected chi connectivity index (χ0v) is 26.1. The minimum absolute atomic E-state index is 0.0433. The smallest absolute Gasteiger partial charge is 0.328 e. The third-order valence-corrected chi connectivity index (χ3v) is 10.1. The Morgan fingerprint density at radius 1 is 1.05 bits per heavy atom. The number of nitrogens with zero attached hydrogens (tertiary/aromatic N) is 4. The van der Waals surface area contributed by atoms with E-state index in [4.69, 9.17) is 24.2 Å². The van der Waals surface area contributed by atoms with Crippen LogP contribution in [0.3, 0.4) is 0 Å². The van der Waals surface area contributed by atoms with Crippen LogP contribution in [0, 0.1) is 40.4 Å². The Kier molecular flexibility index (Phi) is 8.25. The highest BCUT2D eigenvalue weighted by Crippen LogP contribution is 2.58. The van der Waals surface area contributed by atoms with E-state index < -0.39 is 29.4 Å². The molecule has 1 aromatic carbocycles. The Bertz CT molecular complexity index is 1500. The molecule has 10 nitrogen and oxygen atoms in total. The van der Waals surface area contributed by atoms with Crippen molar-refractivity contribution in [2.45, 2.75) is 96.8 Å². The average molecular weight is 603 g/mol. The van der Waals surface area contributed by atoms with E-state index in [0.717, 1.165) is 37.8 Å². The lowest BCUT2D eigenvalue weighted by Gasteiger charge is -2.34. The number of hydrogen-bond acceptors (Lipinski definition) is 9. The number of carbonyl (C=O) groups excluding carboxylic acids is 3. The SMILES string of the molecule is COC(=O)[C@@H]1C[C@@H]2CN1C(=O)[C@H](C(C)(C)C)CC(=O)O[C@@H]1C[C@@H]3C[C@@H]3[C@H]1CCCCCc1nc3ccc(C#N)cc3nc1O2. The molecule has 0 N–H and O–H groups in total. The molecule has 6 rings (SSSR count). The van der Waals surface area contributed by atoms with Gasteiger partial charge in [0.25, 0.3) is 0 Å². The van der Waals surface area contributed by atoms with Crippen molar-refractivity contribution in [2.75, 3.05) is 13.7 Å². The summed E-state index contributed by atoms with van der Waals surface area (Å²) in [7, 11) is 1.31. The van der Waals surface area contributed by atoms with Gasteiger partial charge in [-0.1, -0.05) is 33.6 Å². The highest BCUT2D eigenvalue weighted by Gasteiger charge is 2.54. The topological polar surface area (TPSA) is 132 Å². The first-order valence-electron chi connectivity index (χ1n) is 16.0. The van der Waals surface area contributed by atoms with Crippen molar-refractivity contribution in [3.8, 4) is 11.9 Å². The molecule has 4 aliphatic rings. The van der Waals surface area contributed by atoms with E-state index in [1.54, 1.807) is 18.2 Å². The first-order chi connectivity index (χ1) is 21.0. The van der Waals surface area contributed by atoms with Crippen molar-refractivity contribution >= 4 is 28.9 Å². The molecule has 44 heavy (non-hydrogen) atoms. The normalized spacial score (nSPS) is 31.0. The van der Waals surface area contributed by atoms with Crippen molar-refractivity contribution in [3.63, 3.8) is 0 Å².